The van der Waals surface area contributed by atoms with Crippen LogP contribution in [0, 0.1) is 20.8 Å². The van der Waals surface area contributed by atoms with Crippen molar-refractivity contribution < 1.29 is 13.2 Å². The van der Waals surface area contributed by atoms with Gasteiger partial charge in [0.05, 0.1) is 10.6 Å². The summed E-state index contributed by atoms with van der Waals surface area (Å²) in [5, 5.41) is 5.61. The van der Waals surface area contributed by atoms with Gasteiger partial charge in [0.2, 0.25) is 0 Å². The van der Waals surface area contributed by atoms with Gasteiger partial charge in [0.1, 0.15) is 0 Å². The fraction of sp³-hybridized carbons (Fsp3) is 0.130. The standard InChI is InChI=1S/C23H22BrN3O3S2/c1-14-7-8-17(13-20(14)24)22(28)26-23(31)25-18-9-11-19(12-10-18)32(29,30)27-21-15(2)5-4-6-16(21)3/h4-13,27H,1-3H3,(H2,25,26,28,31). The highest BCUT2D eigenvalue weighted by Crippen LogP contribution is 2.24. The topological polar surface area (TPSA) is 87.3 Å². The fourth-order valence-electron chi connectivity index (χ4n) is 2.96. The van der Waals surface area contributed by atoms with Gasteiger partial charge in [-0.25, -0.2) is 8.42 Å². The van der Waals surface area contributed by atoms with E-state index in [-0.39, 0.29) is 15.9 Å². The van der Waals surface area contributed by atoms with Gasteiger partial charge in [-0.1, -0.05) is 40.2 Å². The molecule has 0 spiro atoms. The number of sulfonamides is 1. The summed E-state index contributed by atoms with van der Waals surface area (Å²) in [7, 11) is -3.75. The number of rotatable bonds is 5. The number of anilines is 2. The molecule has 0 heterocycles. The van der Waals surface area contributed by atoms with E-state index in [1.54, 1.807) is 24.3 Å². The van der Waals surface area contributed by atoms with Crippen molar-refractivity contribution in [1.29, 1.82) is 0 Å². The number of carbonyl (C=O) groups excluding carboxylic acids is 1. The molecule has 0 aliphatic carbocycles. The second kappa shape index (κ2) is 9.81. The van der Waals surface area contributed by atoms with Gasteiger partial charge in [0.25, 0.3) is 15.9 Å². The van der Waals surface area contributed by atoms with Gasteiger partial charge in [-0.05, 0) is 86.1 Å². The molecular weight excluding hydrogens is 510 g/mol. The number of carbonyl (C=O) groups is 1. The normalized spacial score (nSPS) is 11.0. The first kappa shape index (κ1) is 23.9. The lowest BCUT2D eigenvalue weighted by atomic mass is 10.1. The minimum Gasteiger partial charge on any atom is -0.332 e. The van der Waals surface area contributed by atoms with Crippen molar-refractivity contribution in [1.82, 2.24) is 5.32 Å². The zero-order chi connectivity index (χ0) is 23.5. The maximum Gasteiger partial charge on any atom is 0.261 e. The largest absolute Gasteiger partial charge is 0.332 e. The summed E-state index contributed by atoms with van der Waals surface area (Å²) in [6.07, 6.45) is 0. The first-order chi connectivity index (χ1) is 15.1. The molecule has 3 aromatic rings. The van der Waals surface area contributed by atoms with E-state index in [9.17, 15) is 13.2 Å². The maximum absolute atomic E-state index is 12.8. The molecule has 0 aromatic heterocycles. The number of thiocarbonyl (C=S) groups is 1. The number of halogens is 1. The molecule has 0 atom stereocenters. The van der Waals surface area contributed by atoms with Crippen molar-refractivity contribution in [3.63, 3.8) is 0 Å². The number of hydrogen-bond acceptors (Lipinski definition) is 4. The average Bonchev–Trinajstić information content (AvgIpc) is 2.73. The predicted octanol–water partition coefficient (Wildman–Crippen LogP) is 5.30. The summed E-state index contributed by atoms with van der Waals surface area (Å²) in [6.45, 7) is 5.63. The summed E-state index contributed by atoms with van der Waals surface area (Å²) in [5.74, 6) is -0.347. The summed E-state index contributed by atoms with van der Waals surface area (Å²) in [4.78, 5) is 12.5. The first-order valence-corrected chi connectivity index (χ1v) is 12.3. The Morgan fingerprint density at radius 2 is 1.53 bits per heavy atom. The van der Waals surface area contributed by atoms with E-state index in [0.29, 0.717) is 16.9 Å². The van der Waals surface area contributed by atoms with Crippen LogP contribution in [0.5, 0.6) is 0 Å². The number of hydrogen-bond donors (Lipinski definition) is 3. The van der Waals surface area contributed by atoms with Gasteiger partial charge in [-0.15, -0.1) is 0 Å². The molecule has 0 unspecified atom stereocenters. The molecule has 3 rings (SSSR count). The van der Waals surface area contributed by atoms with Crippen molar-refractivity contribution >= 4 is 60.6 Å². The molecule has 0 aliphatic rings. The van der Waals surface area contributed by atoms with E-state index in [1.165, 1.54) is 12.1 Å². The van der Waals surface area contributed by atoms with Crippen LogP contribution in [0.25, 0.3) is 0 Å². The molecule has 6 nitrogen and oxygen atoms in total. The highest BCUT2D eigenvalue weighted by molar-refractivity contribution is 9.10. The van der Waals surface area contributed by atoms with Gasteiger partial charge >= 0.3 is 0 Å². The van der Waals surface area contributed by atoms with Crippen LogP contribution in [-0.2, 0) is 10.0 Å². The molecule has 0 saturated heterocycles. The maximum atomic E-state index is 12.8. The van der Waals surface area contributed by atoms with Crippen molar-refractivity contribution in [2.24, 2.45) is 0 Å². The minimum atomic E-state index is -3.75. The molecule has 166 valence electrons. The molecule has 32 heavy (non-hydrogen) atoms. The lowest BCUT2D eigenvalue weighted by Gasteiger charge is -2.14. The van der Waals surface area contributed by atoms with Crippen molar-refractivity contribution in [3.05, 3.63) is 87.4 Å². The Kier molecular flexibility index (Phi) is 7.33. The van der Waals surface area contributed by atoms with Crippen LogP contribution in [0.4, 0.5) is 11.4 Å². The van der Waals surface area contributed by atoms with E-state index < -0.39 is 10.0 Å². The van der Waals surface area contributed by atoms with Crippen LogP contribution < -0.4 is 15.4 Å². The zero-order valence-electron chi connectivity index (χ0n) is 17.7. The van der Waals surface area contributed by atoms with Gasteiger partial charge < -0.3 is 5.32 Å². The monoisotopic (exact) mass is 531 g/mol. The van der Waals surface area contributed by atoms with Crippen molar-refractivity contribution in [2.45, 2.75) is 25.7 Å². The van der Waals surface area contributed by atoms with Crippen LogP contribution in [0.3, 0.4) is 0 Å². The Morgan fingerprint density at radius 1 is 0.906 bits per heavy atom. The lowest BCUT2D eigenvalue weighted by Crippen LogP contribution is -2.34. The second-order valence-corrected chi connectivity index (χ2v) is 10.2. The lowest BCUT2D eigenvalue weighted by molar-refractivity contribution is 0.0977. The number of aryl methyl sites for hydroxylation is 3. The number of benzene rings is 3. The number of amides is 1. The molecule has 0 aliphatic heterocycles. The van der Waals surface area contributed by atoms with Crippen LogP contribution in [0.2, 0.25) is 0 Å². The molecule has 0 bridgehead atoms. The van der Waals surface area contributed by atoms with E-state index in [1.807, 2.05) is 45.0 Å². The Labute approximate surface area is 201 Å². The van der Waals surface area contributed by atoms with Crippen LogP contribution in [0.1, 0.15) is 27.0 Å². The first-order valence-electron chi connectivity index (χ1n) is 9.64. The highest BCUT2D eigenvalue weighted by atomic mass is 79.9. The van der Waals surface area contributed by atoms with Gasteiger partial charge in [0.15, 0.2) is 5.11 Å². The Morgan fingerprint density at radius 3 is 2.12 bits per heavy atom. The SMILES string of the molecule is Cc1ccc(C(=O)NC(=S)Nc2ccc(S(=O)(=O)Nc3c(C)cccc3C)cc2)cc1Br. The van der Waals surface area contributed by atoms with Gasteiger partial charge in [-0.3, -0.25) is 14.8 Å². The zero-order valence-corrected chi connectivity index (χ0v) is 20.9. The van der Waals surface area contributed by atoms with Gasteiger partial charge in [0, 0.05) is 15.7 Å². The van der Waals surface area contributed by atoms with Crippen LogP contribution in [-0.4, -0.2) is 19.4 Å². The van der Waals surface area contributed by atoms with Crippen LogP contribution in [0.15, 0.2) is 70.0 Å². The van der Waals surface area contributed by atoms with E-state index in [2.05, 4.69) is 31.3 Å². The molecule has 3 aromatic carbocycles. The van der Waals surface area contributed by atoms with Crippen molar-refractivity contribution in [3.8, 4) is 0 Å². The predicted molar refractivity (Wildman–Crippen MR) is 136 cm³/mol. The summed E-state index contributed by atoms with van der Waals surface area (Å²) < 4.78 is 29.0. The van der Waals surface area contributed by atoms with Gasteiger partial charge in [-0.2, -0.15) is 0 Å². The second-order valence-electron chi connectivity index (χ2n) is 7.27. The highest BCUT2D eigenvalue weighted by Gasteiger charge is 2.17. The third-order valence-corrected chi connectivity index (χ3v) is 7.23. The molecule has 1 amide bonds. The Hall–Kier alpha value is -2.75. The van der Waals surface area contributed by atoms with Crippen LogP contribution >= 0.6 is 28.1 Å². The molecule has 3 N–H and O–H groups in total. The number of para-hydroxylation sites is 1. The van der Waals surface area contributed by atoms with E-state index in [0.717, 1.165) is 21.2 Å². The van der Waals surface area contributed by atoms with Crippen molar-refractivity contribution in [2.75, 3.05) is 10.0 Å². The summed E-state index contributed by atoms with van der Waals surface area (Å²) in [5.41, 5.74) is 4.28. The van der Waals surface area contributed by atoms with E-state index >= 15 is 0 Å². The Bertz CT molecular complexity index is 1270. The third-order valence-electron chi connectivity index (χ3n) is 4.80. The smallest absolute Gasteiger partial charge is 0.261 e. The molecule has 0 fully saturated rings. The number of nitrogens with one attached hydrogen (secondary N) is 3. The fourth-order valence-corrected chi connectivity index (χ4v) is 4.75. The third kappa shape index (κ3) is 5.73. The average molecular weight is 532 g/mol. The van der Waals surface area contributed by atoms with E-state index in [4.69, 9.17) is 12.2 Å². The Balaban J connectivity index is 1.66. The molecule has 0 saturated carbocycles. The molecule has 9 heteroatoms. The molecule has 0 radical (unpaired) electrons. The minimum absolute atomic E-state index is 0.107. The quantitative estimate of drug-likeness (QED) is 0.388. The molecular formula is C23H22BrN3O3S2. The summed E-state index contributed by atoms with van der Waals surface area (Å²) in [6, 6.07) is 16.9. The summed E-state index contributed by atoms with van der Waals surface area (Å²) >= 11 is 8.61.